The molecule has 0 bridgehead atoms. The molecule has 2 aromatic carbocycles. The van der Waals surface area contributed by atoms with Crippen molar-refractivity contribution < 1.29 is 9.53 Å². The maximum absolute atomic E-state index is 12.5. The van der Waals surface area contributed by atoms with Crippen LogP contribution in [-0.2, 0) is 14.9 Å². The summed E-state index contributed by atoms with van der Waals surface area (Å²) < 4.78 is 5.08. The second-order valence-corrected chi connectivity index (χ2v) is 8.04. The van der Waals surface area contributed by atoms with E-state index in [1.54, 1.807) is 11.8 Å². The molecule has 2 nitrogen and oxygen atoms in total. The molecule has 128 valence electrons. The number of ether oxygens (including phenoxy) is 1. The molecule has 0 N–H and O–H groups in total. The van der Waals surface area contributed by atoms with Crippen molar-refractivity contribution in [3.8, 4) is 0 Å². The second-order valence-electron chi connectivity index (χ2n) is 6.56. The minimum atomic E-state index is -0.664. The number of rotatable bonds is 6. The van der Waals surface area contributed by atoms with Gasteiger partial charge in [0.1, 0.15) is 0 Å². The molecule has 0 fully saturated rings. The molecular formula is C20H23ClO2S. The lowest BCUT2D eigenvalue weighted by molar-refractivity contribution is -0.154. The van der Waals surface area contributed by atoms with Crippen LogP contribution in [0.3, 0.4) is 0 Å². The summed E-state index contributed by atoms with van der Waals surface area (Å²) in [4.78, 5) is 13.6. The molecule has 2 aromatic rings. The van der Waals surface area contributed by atoms with Crippen LogP contribution < -0.4 is 0 Å². The predicted octanol–water partition coefficient (Wildman–Crippen LogP) is 5.59. The number of carbonyl (C=O) groups excluding carboxylic acids is 1. The minimum absolute atomic E-state index is 0.203. The zero-order valence-electron chi connectivity index (χ0n) is 14.5. The maximum atomic E-state index is 12.5. The number of hydrogen-bond donors (Lipinski definition) is 0. The first-order valence-corrected chi connectivity index (χ1v) is 9.20. The number of esters is 1. The van der Waals surface area contributed by atoms with Crippen molar-refractivity contribution in [3.05, 3.63) is 65.2 Å². The third-order valence-corrected chi connectivity index (χ3v) is 6.41. The first-order chi connectivity index (χ1) is 11.3. The fourth-order valence-corrected chi connectivity index (χ4v) is 4.11. The van der Waals surface area contributed by atoms with Crippen molar-refractivity contribution in [1.82, 2.24) is 0 Å². The summed E-state index contributed by atoms with van der Waals surface area (Å²) in [5.41, 5.74) is 0.0793. The fraction of sp³-hybridized carbons (Fsp3) is 0.350. The second kappa shape index (κ2) is 7.62. The normalized spacial score (nSPS) is 14.0. The van der Waals surface area contributed by atoms with Crippen LogP contribution >= 0.6 is 23.4 Å². The van der Waals surface area contributed by atoms with Crippen LogP contribution in [0.15, 0.2) is 59.5 Å². The molecule has 0 aliphatic rings. The van der Waals surface area contributed by atoms with Gasteiger partial charge in [-0.2, -0.15) is 0 Å². The van der Waals surface area contributed by atoms with E-state index >= 15 is 0 Å². The molecule has 1 unspecified atom stereocenters. The highest BCUT2D eigenvalue weighted by molar-refractivity contribution is 7.99. The van der Waals surface area contributed by atoms with Crippen molar-refractivity contribution in [2.75, 3.05) is 12.9 Å². The summed E-state index contributed by atoms with van der Waals surface area (Å²) in [7, 11) is 1.45. The maximum Gasteiger partial charge on any atom is 0.312 e. The molecule has 0 aromatic heterocycles. The van der Waals surface area contributed by atoms with E-state index < -0.39 is 5.41 Å². The molecule has 24 heavy (non-hydrogen) atoms. The van der Waals surface area contributed by atoms with Crippen molar-refractivity contribution in [2.45, 2.75) is 31.1 Å². The van der Waals surface area contributed by atoms with Crippen LogP contribution in [0.4, 0.5) is 0 Å². The molecule has 0 spiro atoms. The zero-order valence-corrected chi connectivity index (χ0v) is 16.1. The van der Waals surface area contributed by atoms with Crippen LogP contribution in [0.2, 0.25) is 5.02 Å². The average molecular weight is 363 g/mol. The molecule has 2 rings (SSSR count). The Hall–Kier alpha value is -1.45. The topological polar surface area (TPSA) is 26.3 Å². The van der Waals surface area contributed by atoms with E-state index in [0.717, 1.165) is 21.2 Å². The Kier molecular flexibility index (Phi) is 6.00. The van der Waals surface area contributed by atoms with Crippen LogP contribution in [0.1, 0.15) is 26.3 Å². The van der Waals surface area contributed by atoms with Gasteiger partial charge in [-0.05, 0) is 43.7 Å². The monoisotopic (exact) mass is 362 g/mol. The Morgan fingerprint density at radius 1 is 1.04 bits per heavy atom. The van der Waals surface area contributed by atoms with Crippen molar-refractivity contribution in [3.63, 3.8) is 0 Å². The number of methoxy groups -OCH3 is 1. The number of thioether (sulfide) groups is 1. The molecule has 0 amide bonds. The molecule has 1 atom stereocenters. The van der Waals surface area contributed by atoms with E-state index in [0.29, 0.717) is 0 Å². The van der Waals surface area contributed by atoms with E-state index in [2.05, 4.69) is 19.1 Å². The SMILES string of the molecule is COC(=O)C(C)(C)C(C)(CSc1ccc(Cl)cc1)c1ccccc1. The first kappa shape index (κ1) is 18.9. The molecule has 0 saturated heterocycles. The van der Waals surface area contributed by atoms with E-state index in [1.165, 1.54) is 7.11 Å². The van der Waals surface area contributed by atoms with Gasteiger partial charge < -0.3 is 4.74 Å². The standard InChI is InChI=1S/C20H23ClO2S/c1-19(2,18(22)23-4)20(3,15-8-6-5-7-9-15)14-24-17-12-10-16(21)11-13-17/h5-13H,14H2,1-4H3. The molecule has 0 aliphatic heterocycles. The van der Waals surface area contributed by atoms with Gasteiger partial charge in [-0.15, -0.1) is 11.8 Å². The lowest BCUT2D eigenvalue weighted by atomic mass is 9.64. The largest absolute Gasteiger partial charge is 0.469 e. The summed E-state index contributed by atoms with van der Waals surface area (Å²) in [5.74, 6) is 0.548. The molecule has 0 aliphatic carbocycles. The van der Waals surface area contributed by atoms with Crippen LogP contribution in [0.5, 0.6) is 0 Å². The smallest absolute Gasteiger partial charge is 0.312 e. The lowest BCUT2D eigenvalue weighted by Gasteiger charge is -2.42. The van der Waals surface area contributed by atoms with Gasteiger partial charge in [-0.1, -0.05) is 48.9 Å². The Morgan fingerprint density at radius 2 is 1.62 bits per heavy atom. The minimum Gasteiger partial charge on any atom is -0.469 e. The lowest BCUT2D eigenvalue weighted by Crippen LogP contribution is -2.47. The fourth-order valence-electron chi connectivity index (χ4n) is 2.67. The third kappa shape index (κ3) is 3.79. The van der Waals surface area contributed by atoms with Crippen LogP contribution in [-0.4, -0.2) is 18.8 Å². The molecular weight excluding hydrogens is 340 g/mol. The van der Waals surface area contributed by atoms with Gasteiger partial charge in [-0.3, -0.25) is 4.79 Å². The van der Waals surface area contributed by atoms with E-state index in [4.69, 9.17) is 16.3 Å². The van der Waals surface area contributed by atoms with E-state index in [1.807, 2.05) is 56.3 Å². The number of carbonyl (C=O) groups is 1. The van der Waals surface area contributed by atoms with Gasteiger partial charge in [-0.25, -0.2) is 0 Å². The Balaban J connectivity index is 2.36. The van der Waals surface area contributed by atoms with Gasteiger partial charge in [0.05, 0.1) is 12.5 Å². The Bertz CT molecular complexity index is 683. The Labute approximate surface area is 153 Å². The highest BCUT2D eigenvalue weighted by Crippen LogP contribution is 2.46. The van der Waals surface area contributed by atoms with Gasteiger partial charge >= 0.3 is 5.97 Å². The number of benzene rings is 2. The summed E-state index contributed by atoms with van der Waals surface area (Å²) in [6, 6.07) is 17.9. The highest BCUT2D eigenvalue weighted by atomic mass is 35.5. The summed E-state index contributed by atoms with van der Waals surface area (Å²) >= 11 is 7.68. The zero-order chi connectivity index (χ0) is 17.8. The van der Waals surface area contributed by atoms with Crippen molar-refractivity contribution in [1.29, 1.82) is 0 Å². The quantitative estimate of drug-likeness (QED) is 0.495. The van der Waals surface area contributed by atoms with Crippen LogP contribution in [0, 0.1) is 5.41 Å². The molecule has 0 saturated carbocycles. The van der Waals surface area contributed by atoms with Crippen molar-refractivity contribution in [2.24, 2.45) is 5.41 Å². The van der Waals surface area contributed by atoms with Gasteiger partial charge in [0, 0.05) is 21.1 Å². The van der Waals surface area contributed by atoms with Gasteiger partial charge in [0.15, 0.2) is 0 Å². The summed E-state index contributed by atoms with van der Waals surface area (Å²) in [5, 5.41) is 0.722. The summed E-state index contributed by atoms with van der Waals surface area (Å²) in [6.45, 7) is 6.03. The van der Waals surface area contributed by atoms with Gasteiger partial charge in [0.2, 0.25) is 0 Å². The predicted molar refractivity (Wildman–Crippen MR) is 102 cm³/mol. The van der Waals surface area contributed by atoms with Gasteiger partial charge in [0.25, 0.3) is 0 Å². The third-order valence-electron chi connectivity index (χ3n) is 4.83. The summed E-state index contributed by atoms with van der Waals surface area (Å²) in [6.07, 6.45) is 0. The molecule has 4 heteroatoms. The number of hydrogen-bond acceptors (Lipinski definition) is 3. The number of halogens is 1. The molecule has 0 heterocycles. The first-order valence-electron chi connectivity index (χ1n) is 7.83. The average Bonchev–Trinajstić information content (AvgIpc) is 2.60. The van der Waals surface area contributed by atoms with Crippen LogP contribution in [0.25, 0.3) is 0 Å². The van der Waals surface area contributed by atoms with E-state index in [-0.39, 0.29) is 11.4 Å². The van der Waals surface area contributed by atoms with E-state index in [9.17, 15) is 4.79 Å². The Morgan fingerprint density at radius 3 is 2.17 bits per heavy atom. The molecule has 0 radical (unpaired) electrons. The highest BCUT2D eigenvalue weighted by Gasteiger charge is 2.48. The van der Waals surface area contributed by atoms with Crippen molar-refractivity contribution >= 4 is 29.3 Å².